The van der Waals surface area contributed by atoms with E-state index in [0.29, 0.717) is 0 Å². The van der Waals surface area contributed by atoms with Crippen LogP contribution in [0.3, 0.4) is 0 Å². The molecule has 0 bridgehead atoms. The van der Waals surface area contributed by atoms with Crippen LogP contribution < -0.4 is 5.32 Å². The van der Waals surface area contributed by atoms with Crippen molar-refractivity contribution in [1.29, 1.82) is 0 Å². The van der Waals surface area contributed by atoms with Crippen molar-refractivity contribution in [2.45, 2.75) is 6.92 Å². The first kappa shape index (κ1) is 9.31. The minimum Gasteiger partial charge on any atom is -0.478 e. The molecule has 0 fully saturated rings. The Morgan fingerprint density at radius 2 is 1.62 bits per heavy atom. The summed E-state index contributed by atoms with van der Waals surface area (Å²) in [6, 6.07) is 0. The lowest BCUT2D eigenvalue weighted by molar-refractivity contribution is -0.133. The van der Waals surface area contributed by atoms with Gasteiger partial charge in [0.05, 0.1) is 11.1 Å². The maximum Gasteiger partial charge on any atom is 0.333 e. The number of carbonyl (C=O) groups is 2. The van der Waals surface area contributed by atoms with Gasteiger partial charge in [-0.3, -0.25) is 0 Å². The molecule has 1 rings (SSSR count). The van der Waals surface area contributed by atoms with E-state index in [4.69, 9.17) is 10.2 Å². The highest BCUT2D eigenvalue weighted by Gasteiger charge is 2.26. The molecule has 70 valence electrons. The first-order valence-electron chi connectivity index (χ1n) is 3.66. The summed E-state index contributed by atoms with van der Waals surface area (Å²) in [6.07, 6.45) is 2.58. The Morgan fingerprint density at radius 3 is 1.92 bits per heavy atom. The number of carboxylic acid groups (broad SMARTS) is 2. The molecular weight excluding hydrogens is 174 g/mol. The molecule has 0 atom stereocenters. The van der Waals surface area contributed by atoms with Crippen LogP contribution in [0.1, 0.15) is 6.92 Å². The number of carboxylic acids is 2. The molecule has 0 aromatic rings. The second-order valence-corrected chi connectivity index (χ2v) is 2.70. The molecule has 0 unspecified atom stereocenters. The van der Waals surface area contributed by atoms with Gasteiger partial charge in [-0.25, -0.2) is 9.59 Å². The van der Waals surface area contributed by atoms with Crippen LogP contribution >= 0.6 is 0 Å². The first-order valence-corrected chi connectivity index (χ1v) is 3.66. The minimum absolute atomic E-state index is 0.0555. The summed E-state index contributed by atoms with van der Waals surface area (Å²) < 4.78 is 0. The van der Waals surface area contributed by atoms with Crippen LogP contribution in [0.15, 0.2) is 23.5 Å². The van der Waals surface area contributed by atoms with Crippen LogP contribution in [0, 0.1) is 5.92 Å². The molecule has 5 heteroatoms. The van der Waals surface area contributed by atoms with Crippen molar-refractivity contribution < 1.29 is 19.8 Å². The lowest BCUT2D eigenvalue weighted by Crippen LogP contribution is -2.24. The third kappa shape index (κ3) is 1.69. The molecule has 0 aliphatic carbocycles. The van der Waals surface area contributed by atoms with Gasteiger partial charge in [-0.15, -0.1) is 0 Å². The Hall–Kier alpha value is -1.78. The molecule has 1 heterocycles. The van der Waals surface area contributed by atoms with Crippen molar-refractivity contribution in [3.63, 3.8) is 0 Å². The van der Waals surface area contributed by atoms with Crippen molar-refractivity contribution in [2.75, 3.05) is 0 Å². The van der Waals surface area contributed by atoms with E-state index in [9.17, 15) is 9.59 Å². The molecule has 0 aromatic carbocycles. The molecule has 0 saturated heterocycles. The predicted octanol–water partition coefficient (Wildman–Crippen LogP) is 0.163. The Balaban J connectivity index is 2.93. The summed E-state index contributed by atoms with van der Waals surface area (Å²) in [4.78, 5) is 21.2. The Kier molecular flexibility index (Phi) is 2.36. The zero-order chi connectivity index (χ0) is 10.0. The van der Waals surface area contributed by atoms with Gasteiger partial charge < -0.3 is 15.5 Å². The molecule has 13 heavy (non-hydrogen) atoms. The van der Waals surface area contributed by atoms with E-state index < -0.39 is 17.9 Å². The highest BCUT2D eigenvalue weighted by molar-refractivity contribution is 5.94. The first-order chi connectivity index (χ1) is 6.04. The van der Waals surface area contributed by atoms with Crippen LogP contribution in [0.25, 0.3) is 0 Å². The van der Waals surface area contributed by atoms with Gasteiger partial charge in [0, 0.05) is 18.3 Å². The number of nitrogens with one attached hydrogen (secondary N) is 1. The second kappa shape index (κ2) is 3.30. The van der Waals surface area contributed by atoms with Crippen molar-refractivity contribution in [1.82, 2.24) is 5.32 Å². The summed E-state index contributed by atoms with van der Waals surface area (Å²) in [6.45, 7) is 1.54. The molecule has 1 aliphatic heterocycles. The van der Waals surface area contributed by atoms with E-state index >= 15 is 0 Å². The second-order valence-electron chi connectivity index (χ2n) is 2.70. The molecule has 0 radical (unpaired) electrons. The monoisotopic (exact) mass is 183 g/mol. The van der Waals surface area contributed by atoms with Gasteiger partial charge in [-0.1, -0.05) is 6.92 Å². The summed E-state index contributed by atoms with van der Waals surface area (Å²) >= 11 is 0. The summed E-state index contributed by atoms with van der Waals surface area (Å²) in [5.74, 6) is -2.80. The van der Waals surface area contributed by atoms with Crippen molar-refractivity contribution >= 4 is 11.9 Å². The van der Waals surface area contributed by atoms with E-state index in [0.717, 1.165) is 0 Å². The van der Waals surface area contributed by atoms with Crippen LogP contribution in [0.5, 0.6) is 0 Å². The molecule has 0 amide bonds. The normalized spacial score (nSPS) is 17.0. The minimum atomic E-state index is -1.10. The average molecular weight is 183 g/mol. The molecular formula is C8H9NO4. The molecule has 3 N–H and O–H groups in total. The standard InChI is InChI=1S/C8H9NO4/c1-4-5(7(10)11)2-9-3-6(4)8(12)13/h2-4,9H,1H3,(H,10,11)(H,12,13). The summed E-state index contributed by atoms with van der Waals surface area (Å²) in [5.41, 5.74) is 0.111. The van der Waals surface area contributed by atoms with E-state index in [1.165, 1.54) is 12.4 Å². The quantitative estimate of drug-likeness (QED) is 0.567. The fourth-order valence-electron chi connectivity index (χ4n) is 1.13. The molecule has 0 saturated carbocycles. The van der Waals surface area contributed by atoms with Crippen molar-refractivity contribution in [3.05, 3.63) is 23.5 Å². The zero-order valence-electron chi connectivity index (χ0n) is 6.94. The predicted molar refractivity (Wildman–Crippen MR) is 43.7 cm³/mol. The van der Waals surface area contributed by atoms with Gasteiger partial charge in [0.1, 0.15) is 0 Å². The summed E-state index contributed by atoms with van der Waals surface area (Å²) in [5, 5.41) is 19.9. The van der Waals surface area contributed by atoms with Crippen LogP contribution in [0.2, 0.25) is 0 Å². The number of hydrogen-bond acceptors (Lipinski definition) is 3. The molecule has 5 nitrogen and oxygen atoms in total. The summed E-state index contributed by atoms with van der Waals surface area (Å²) in [7, 11) is 0. The van der Waals surface area contributed by atoms with Crippen LogP contribution in [-0.4, -0.2) is 22.2 Å². The van der Waals surface area contributed by atoms with Gasteiger partial charge in [0.25, 0.3) is 0 Å². The highest BCUT2D eigenvalue weighted by Crippen LogP contribution is 2.22. The SMILES string of the molecule is CC1C(C(=O)O)=CNC=C1C(=O)O. The van der Waals surface area contributed by atoms with Gasteiger partial charge in [-0.05, 0) is 0 Å². The largest absolute Gasteiger partial charge is 0.478 e. The highest BCUT2D eigenvalue weighted by atomic mass is 16.4. The van der Waals surface area contributed by atoms with E-state index in [1.54, 1.807) is 6.92 Å². The van der Waals surface area contributed by atoms with Gasteiger partial charge >= 0.3 is 11.9 Å². The topological polar surface area (TPSA) is 86.6 Å². The van der Waals surface area contributed by atoms with Crippen LogP contribution in [-0.2, 0) is 9.59 Å². The third-order valence-electron chi connectivity index (χ3n) is 1.90. The van der Waals surface area contributed by atoms with Gasteiger partial charge in [-0.2, -0.15) is 0 Å². The molecule has 0 spiro atoms. The average Bonchev–Trinajstić information content (AvgIpc) is 2.03. The fourth-order valence-corrected chi connectivity index (χ4v) is 1.13. The molecule has 1 aliphatic rings. The number of dihydropyridines is 1. The maximum absolute atomic E-state index is 10.6. The lowest BCUT2D eigenvalue weighted by Gasteiger charge is -2.17. The van der Waals surface area contributed by atoms with Crippen LogP contribution in [0.4, 0.5) is 0 Å². The Morgan fingerprint density at radius 1 is 1.23 bits per heavy atom. The smallest absolute Gasteiger partial charge is 0.333 e. The van der Waals surface area contributed by atoms with E-state index in [2.05, 4.69) is 5.32 Å². The van der Waals surface area contributed by atoms with E-state index in [1.807, 2.05) is 0 Å². The van der Waals surface area contributed by atoms with Gasteiger partial charge in [0.15, 0.2) is 0 Å². The Labute approximate surface area is 74.4 Å². The Bertz CT molecular complexity index is 286. The number of hydrogen-bond donors (Lipinski definition) is 3. The zero-order valence-corrected chi connectivity index (χ0v) is 6.94. The fraction of sp³-hybridized carbons (Fsp3) is 0.250. The molecule has 0 aromatic heterocycles. The van der Waals surface area contributed by atoms with E-state index in [-0.39, 0.29) is 11.1 Å². The number of aliphatic carboxylic acids is 2. The third-order valence-corrected chi connectivity index (χ3v) is 1.90. The van der Waals surface area contributed by atoms with Gasteiger partial charge in [0.2, 0.25) is 0 Å². The maximum atomic E-state index is 10.6. The van der Waals surface area contributed by atoms with Crippen molar-refractivity contribution in [2.24, 2.45) is 5.92 Å². The lowest BCUT2D eigenvalue weighted by atomic mass is 9.92. The number of rotatable bonds is 2. The van der Waals surface area contributed by atoms with Crippen molar-refractivity contribution in [3.8, 4) is 0 Å².